The summed E-state index contributed by atoms with van der Waals surface area (Å²) in [5, 5.41) is 0. The van der Waals surface area contributed by atoms with E-state index in [-0.39, 0.29) is 7.43 Å². The molecule has 0 rings (SSSR count). The van der Waals surface area contributed by atoms with Crippen molar-refractivity contribution in [3.8, 4) is 0 Å². The first-order valence-electron chi connectivity index (χ1n) is 5.29. The first kappa shape index (κ1) is 19.1. The van der Waals surface area contributed by atoms with E-state index in [1.165, 1.54) is 18.4 Å². The van der Waals surface area contributed by atoms with Gasteiger partial charge in [-0.05, 0) is 25.2 Å². The van der Waals surface area contributed by atoms with Crippen LogP contribution in [0.25, 0.3) is 0 Å². The summed E-state index contributed by atoms with van der Waals surface area (Å²) in [7, 11) is 0. The molecule has 0 saturated carbocycles. The van der Waals surface area contributed by atoms with Crippen molar-refractivity contribution >= 4 is 0 Å². The van der Waals surface area contributed by atoms with Gasteiger partial charge in [-0.2, -0.15) is 0 Å². The smallest absolute Gasteiger partial charge is 0.0234 e. The zero-order valence-electron chi connectivity index (χ0n) is 10.1. The van der Waals surface area contributed by atoms with E-state index in [9.17, 15) is 0 Å². The van der Waals surface area contributed by atoms with Crippen LogP contribution in [0.1, 0.15) is 54.9 Å². The molecule has 0 aromatic carbocycles. The quantitative estimate of drug-likeness (QED) is 0.526. The van der Waals surface area contributed by atoms with Crippen molar-refractivity contribution in [2.75, 3.05) is 0 Å². The molecule has 0 heterocycles. The van der Waals surface area contributed by atoms with Gasteiger partial charge >= 0.3 is 0 Å². The van der Waals surface area contributed by atoms with Gasteiger partial charge in [-0.1, -0.05) is 53.2 Å². The molecule has 2 atom stereocenters. The van der Waals surface area contributed by atoms with Crippen LogP contribution in [-0.2, 0) is 0 Å². The molecule has 86 valence electrons. The molecule has 0 spiro atoms. The van der Waals surface area contributed by atoms with Gasteiger partial charge in [0.25, 0.3) is 0 Å². The molecule has 0 heteroatoms. The zero-order valence-corrected chi connectivity index (χ0v) is 10.1. The lowest BCUT2D eigenvalue weighted by Gasteiger charge is -2.14. The second kappa shape index (κ2) is 12.5. The molecule has 0 aliphatic carbocycles. The largest absolute Gasteiger partial charge is 0.106 e. The number of hydrogen-bond donors (Lipinski definition) is 0. The third kappa shape index (κ3) is 9.57. The van der Waals surface area contributed by atoms with E-state index in [0.717, 1.165) is 11.8 Å². The molecule has 0 bridgehead atoms. The van der Waals surface area contributed by atoms with Gasteiger partial charge in [0.05, 0.1) is 0 Å². The van der Waals surface area contributed by atoms with Crippen molar-refractivity contribution in [3.63, 3.8) is 0 Å². The number of hydrogen-bond acceptors (Lipinski definition) is 0. The Hall–Kier alpha value is -0.520. The predicted octanol–water partition coefficient (Wildman–Crippen LogP) is 5.46. The number of rotatable bonds is 4. The van der Waals surface area contributed by atoms with E-state index in [1.54, 1.807) is 0 Å². The Labute approximate surface area is 92.1 Å². The van der Waals surface area contributed by atoms with E-state index in [1.807, 2.05) is 0 Å². The summed E-state index contributed by atoms with van der Waals surface area (Å²) in [5.41, 5.74) is 1.53. The lowest BCUT2D eigenvalue weighted by molar-refractivity contribution is 0.444. The fourth-order valence-corrected chi connectivity index (χ4v) is 1.10. The maximum Gasteiger partial charge on any atom is -0.0234 e. The van der Waals surface area contributed by atoms with Crippen LogP contribution in [0.3, 0.4) is 0 Å². The van der Waals surface area contributed by atoms with E-state index in [0.29, 0.717) is 0 Å². The van der Waals surface area contributed by atoms with Crippen molar-refractivity contribution in [2.24, 2.45) is 11.8 Å². The van der Waals surface area contributed by atoms with Crippen molar-refractivity contribution in [3.05, 3.63) is 24.8 Å². The molecule has 0 N–H and O–H groups in total. The third-order valence-electron chi connectivity index (χ3n) is 2.65. The molecule has 0 aromatic heterocycles. The summed E-state index contributed by atoms with van der Waals surface area (Å²) in [6, 6.07) is 0. The average Bonchev–Trinajstić information content (AvgIpc) is 2.19. The first-order chi connectivity index (χ1) is 6.11. The second-order valence-corrected chi connectivity index (χ2v) is 3.61. The Kier molecular flexibility index (Phi) is 17.0. The van der Waals surface area contributed by atoms with Crippen LogP contribution in [0, 0.1) is 11.8 Å². The minimum atomic E-state index is 0. The Balaban J connectivity index is -0.000000376. The van der Waals surface area contributed by atoms with E-state index < -0.39 is 0 Å². The van der Waals surface area contributed by atoms with Gasteiger partial charge in [-0.3, -0.25) is 0 Å². The Morgan fingerprint density at radius 2 is 1.64 bits per heavy atom. The lowest BCUT2D eigenvalue weighted by Crippen LogP contribution is -2.03. The summed E-state index contributed by atoms with van der Waals surface area (Å²) in [6.45, 7) is 17.3. The normalized spacial score (nSPS) is 14.5. The molecule has 0 fully saturated rings. The second-order valence-electron chi connectivity index (χ2n) is 3.61. The molecule has 14 heavy (non-hydrogen) atoms. The highest BCUT2D eigenvalue weighted by Crippen LogP contribution is 2.17. The molecule has 0 amide bonds. The topological polar surface area (TPSA) is 0 Å². The molecular weight excluding hydrogens is 168 g/mol. The summed E-state index contributed by atoms with van der Waals surface area (Å²) in [4.78, 5) is 0. The Morgan fingerprint density at radius 1 is 1.21 bits per heavy atom. The fraction of sp³-hybridized carbons (Fsp3) is 0.714. The highest BCUT2D eigenvalue weighted by Gasteiger charge is 2.06. The van der Waals surface area contributed by atoms with Gasteiger partial charge in [0.2, 0.25) is 0 Å². The van der Waals surface area contributed by atoms with Gasteiger partial charge in [0.15, 0.2) is 0 Å². The van der Waals surface area contributed by atoms with Crippen molar-refractivity contribution in [2.45, 2.75) is 54.9 Å². The summed E-state index contributed by atoms with van der Waals surface area (Å²) in [5.74, 6) is 1.58. The van der Waals surface area contributed by atoms with Gasteiger partial charge in [-0.15, -0.1) is 13.2 Å². The van der Waals surface area contributed by atoms with Gasteiger partial charge in [0.1, 0.15) is 0 Å². The van der Waals surface area contributed by atoms with Crippen LogP contribution < -0.4 is 0 Å². The molecule has 0 aromatic rings. The molecule has 0 aliphatic rings. The van der Waals surface area contributed by atoms with Crippen molar-refractivity contribution < 1.29 is 0 Å². The third-order valence-corrected chi connectivity index (χ3v) is 2.65. The van der Waals surface area contributed by atoms with Crippen LogP contribution in [0.4, 0.5) is 0 Å². The van der Waals surface area contributed by atoms with Gasteiger partial charge < -0.3 is 0 Å². The summed E-state index contributed by atoms with van der Waals surface area (Å²) < 4.78 is 0. The molecule has 0 aliphatic heterocycles. The number of allylic oxidation sites excluding steroid dienone is 2. The minimum absolute atomic E-state index is 0. The van der Waals surface area contributed by atoms with Crippen molar-refractivity contribution in [1.29, 1.82) is 0 Å². The Bertz CT molecular complexity index is 133. The lowest BCUT2D eigenvalue weighted by atomic mass is 9.91. The van der Waals surface area contributed by atoms with Crippen LogP contribution in [0.15, 0.2) is 24.8 Å². The average molecular weight is 198 g/mol. The molecule has 0 radical (unpaired) electrons. The first-order valence-corrected chi connectivity index (χ1v) is 5.29. The van der Waals surface area contributed by atoms with Crippen molar-refractivity contribution in [1.82, 2.24) is 0 Å². The summed E-state index contributed by atoms with van der Waals surface area (Å²) in [6.07, 6.45) is 4.89. The van der Waals surface area contributed by atoms with E-state index >= 15 is 0 Å². The SMILES string of the molecule is C.C=C.CC/C(C)=C\C(C)C(C)CC. The van der Waals surface area contributed by atoms with Crippen LogP contribution in [0.5, 0.6) is 0 Å². The molecule has 0 saturated heterocycles. The van der Waals surface area contributed by atoms with Crippen LogP contribution >= 0.6 is 0 Å². The van der Waals surface area contributed by atoms with Crippen LogP contribution in [-0.4, -0.2) is 0 Å². The van der Waals surface area contributed by atoms with Crippen LogP contribution in [0.2, 0.25) is 0 Å². The molecule has 2 unspecified atom stereocenters. The standard InChI is InChI=1S/C11H22.C2H4.CH4/c1-6-9(3)8-11(5)10(4)7-2;1-2;/h8,10-11H,6-7H2,1-5H3;1-2H2;1H4/b9-8-;;. The maximum atomic E-state index is 3.00. The predicted molar refractivity (Wildman–Crippen MR) is 70.7 cm³/mol. The molecular formula is C14H30. The Morgan fingerprint density at radius 3 is 1.93 bits per heavy atom. The minimum Gasteiger partial charge on any atom is -0.106 e. The van der Waals surface area contributed by atoms with Gasteiger partial charge in [0, 0.05) is 0 Å². The van der Waals surface area contributed by atoms with Gasteiger partial charge in [-0.25, -0.2) is 0 Å². The summed E-state index contributed by atoms with van der Waals surface area (Å²) >= 11 is 0. The fourth-order valence-electron chi connectivity index (χ4n) is 1.10. The highest BCUT2D eigenvalue weighted by atomic mass is 14.1. The van der Waals surface area contributed by atoms with E-state index in [2.05, 4.69) is 53.9 Å². The molecule has 0 nitrogen and oxygen atoms in total. The zero-order chi connectivity index (χ0) is 10.9. The van der Waals surface area contributed by atoms with E-state index in [4.69, 9.17) is 0 Å². The maximum absolute atomic E-state index is 3.00. The highest BCUT2D eigenvalue weighted by molar-refractivity contribution is 5.00. The monoisotopic (exact) mass is 198 g/mol.